The zero-order valence-electron chi connectivity index (χ0n) is 12.9. The van der Waals surface area contributed by atoms with Crippen molar-refractivity contribution in [3.63, 3.8) is 0 Å². The van der Waals surface area contributed by atoms with Crippen LogP contribution in [0.5, 0.6) is 0 Å². The van der Waals surface area contributed by atoms with Gasteiger partial charge in [-0.3, -0.25) is 0 Å². The van der Waals surface area contributed by atoms with E-state index in [4.69, 9.17) is 0 Å². The topological polar surface area (TPSA) is 17.8 Å². The lowest BCUT2D eigenvalue weighted by molar-refractivity contribution is 0.948. The Bertz CT molecular complexity index is 890. The summed E-state index contributed by atoms with van der Waals surface area (Å²) in [5.41, 5.74) is 2.23. The molecule has 0 amide bonds. The van der Waals surface area contributed by atoms with Gasteiger partial charge in [-0.2, -0.15) is 0 Å². The lowest BCUT2D eigenvalue weighted by Crippen LogP contribution is -2.20. The van der Waals surface area contributed by atoms with Crippen LogP contribution in [0.3, 0.4) is 0 Å². The number of benzene rings is 3. The van der Waals surface area contributed by atoms with Gasteiger partial charge in [0, 0.05) is 7.05 Å². The van der Waals surface area contributed by atoms with Gasteiger partial charge in [-0.1, -0.05) is 66.7 Å². The molecule has 0 radical (unpaired) electrons. The van der Waals surface area contributed by atoms with E-state index in [-0.39, 0.29) is 0 Å². The molecule has 112 valence electrons. The third-order valence-electron chi connectivity index (χ3n) is 4.00. The van der Waals surface area contributed by atoms with Crippen molar-refractivity contribution in [3.05, 3.63) is 85.2 Å². The van der Waals surface area contributed by atoms with E-state index in [1.54, 1.807) is 0 Å². The quantitative estimate of drug-likeness (QED) is 0.530. The Morgan fingerprint density at radius 3 is 1.96 bits per heavy atom. The SMILES string of the molecule is Cn1cnc2cc(P(c3ccccc3)c3ccccc3)ccc21. The molecule has 4 rings (SSSR count). The first-order chi connectivity index (χ1) is 11.3. The minimum absolute atomic E-state index is 0.559. The summed E-state index contributed by atoms with van der Waals surface area (Å²) in [5, 5.41) is 4.07. The molecule has 3 aromatic carbocycles. The smallest absolute Gasteiger partial charge is 0.0955 e. The molecule has 0 saturated heterocycles. The first-order valence-electron chi connectivity index (χ1n) is 7.64. The Labute approximate surface area is 137 Å². The van der Waals surface area contributed by atoms with E-state index in [1.807, 2.05) is 13.4 Å². The third kappa shape index (κ3) is 2.67. The van der Waals surface area contributed by atoms with Crippen molar-refractivity contribution in [2.24, 2.45) is 7.05 Å². The van der Waals surface area contributed by atoms with Crippen LogP contribution in [0.4, 0.5) is 0 Å². The molecule has 0 saturated carbocycles. The molecule has 23 heavy (non-hydrogen) atoms. The van der Waals surface area contributed by atoms with Gasteiger partial charge in [0.15, 0.2) is 0 Å². The Kier molecular flexibility index (Phi) is 3.69. The molecule has 3 heteroatoms. The fourth-order valence-corrected chi connectivity index (χ4v) is 5.17. The number of nitrogens with zero attached hydrogens (tertiary/aromatic N) is 2. The Hall–Kier alpha value is -2.44. The lowest BCUT2D eigenvalue weighted by atomic mass is 10.3. The molecule has 0 bridgehead atoms. The number of hydrogen-bond acceptors (Lipinski definition) is 1. The van der Waals surface area contributed by atoms with Crippen molar-refractivity contribution in [1.82, 2.24) is 9.55 Å². The van der Waals surface area contributed by atoms with Crippen molar-refractivity contribution in [1.29, 1.82) is 0 Å². The summed E-state index contributed by atoms with van der Waals surface area (Å²) in [4.78, 5) is 4.52. The molecule has 0 fully saturated rings. The maximum absolute atomic E-state index is 4.52. The summed E-state index contributed by atoms with van der Waals surface area (Å²) >= 11 is 0. The summed E-state index contributed by atoms with van der Waals surface area (Å²) in [6, 6.07) is 28.2. The molecule has 0 atom stereocenters. The Morgan fingerprint density at radius 2 is 1.35 bits per heavy atom. The number of aromatic nitrogens is 2. The second-order valence-electron chi connectivity index (χ2n) is 5.54. The maximum atomic E-state index is 4.52. The van der Waals surface area contributed by atoms with Gasteiger partial charge in [0.1, 0.15) is 0 Å². The molecule has 1 aromatic heterocycles. The molecular formula is C20H17N2P. The highest BCUT2D eigenvalue weighted by molar-refractivity contribution is 7.79. The van der Waals surface area contributed by atoms with Crippen LogP contribution in [-0.2, 0) is 7.05 Å². The summed E-state index contributed by atoms with van der Waals surface area (Å²) in [5.74, 6) is 0. The maximum Gasteiger partial charge on any atom is 0.0955 e. The zero-order chi connectivity index (χ0) is 15.6. The lowest BCUT2D eigenvalue weighted by Gasteiger charge is -2.19. The average molecular weight is 316 g/mol. The van der Waals surface area contributed by atoms with Gasteiger partial charge in [0.25, 0.3) is 0 Å². The molecule has 0 N–H and O–H groups in total. The Balaban J connectivity index is 1.90. The van der Waals surface area contributed by atoms with Crippen LogP contribution in [0.15, 0.2) is 85.2 Å². The number of fused-ring (bicyclic) bond motifs is 1. The van der Waals surface area contributed by atoms with Crippen LogP contribution in [0.25, 0.3) is 11.0 Å². The predicted octanol–water partition coefficient (Wildman–Crippen LogP) is 3.33. The van der Waals surface area contributed by atoms with Gasteiger partial charge in [0.2, 0.25) is 0 Å². The van der Waals surface area contributed by atoms with Crippen molar-refractivity contribution in [3.8, 4) is 0 Å². The van der Waals surface area contributed by atoms with Crippen LogP contribution >= 0.6 is 7.92 Å². The molecular weight excluding hydrogens is 299 g/mol. The van der Waals surface area contributed by atoms with Crippen LogP contribution in [0.2, 0.25) is 0 Å². The van der Waals surface area contributed by atoms with Gasteiger partial charge in [-0.05, 0) is 36.0 Å². The zero-order valence-corrected chi connectivity index (χ0v) is 13.8. The molecule has 0 unspecified atom stereocenters. The fourth-order valence-electron chi connectivity index (χ4n) is 2.86. The van der Waals surface area contributed by atoms with E-state index in [2.05, 4.69) is 88.4 Å². The number of imidazole rings is 1. The van der Waals surface area contributed by atoms with Gasteiger partial charge >= 0.3 is 0 Å². The molecule has 0 spiro atoms. The minimum atomic E-state index is -0.559. The van der Waals surface area contributed by atoms with Crippen LogP contribution in [-0.4, -0.2) is 9.55 Å². The molecule has 0 aliphatic carbocycles. The number of rotatable bonds is 3. The molecule has 0 aliphatic rings. The van der Waals surface area contributed by atoms with E-state index < -0.39 is 7.92 Å². The standard InChI is InChI=1S/C20H17N2P/c1-22-15-21-19-14-18(12-13-20(19)22)23(16-8-4-2-5-9-16)17-10-6-3-7-11-17/h2-15H,1H3. The van der Waals surface area contributed by atoms with Gasteiger partial charge in [-0.25, -0.2) is 4.98 Å². The van der Waals surface area contributed by atoms with E-state index in [9.17, 15) is 0 Å². The molecule has 0 aliphatic heterocycles. The molecule has 1 heterocycles. The van der Waals surface area contributed by atoms with Crippen molar-refractivity contribution in [2.75, 3.05) is 0 Å². The highest BCUT2D eigenvalue weighted by atomic mass is 31.1. The van der Waals surface area contributed by atoms with E-state index >= 15 is 0 Å². The van der Waals surface area contributed by atoms with Gasteiger partial charge in [0.05, 0.1) is 17.4 Å². The van der Waals surface area contributed by atoms with Gasteiger partial charge < -0.3 is 4.57 Å². The predicted molar refractivity (Wildman–Crippen MR) is 99.4 cm³/mol. The highest BCUT2D eigenvalue weighted by Gasteiger charge is 2.16. The molecule has 4 aromatic rings. The second kappa shape index (κ2) is 5.98. The van der Waals surface area contributed by atoms with Crippen LogP contribution < -0.4 is 15.9 Å². The summed E-state index contributed by atoms with van der Waals surface area (Å²) < 4.78 is 2.06. The minimum Gasteiger partial charge on any atom is -0.334 e. The fraction of sp³-hybridized carbons (Fsp3) is 0.0500. The summed E-state index contributed by atoms with van der Waals surface area (Å²) in [6.07, 6.45) is 1.88. The highest BCUT2D eigenvalue weighted by Crippen LogP contribution is 2.33. The van der Waals surface area contributed by atoms with E-state index in [0.29, 0.717) is 0 Å². The average Bonchev–Trinajstić information content (AvgIpc) is 2.98. The van der Waals surface area contributed by atoms with Crippen LogP contribution in [0.1, 0.15) is 0 Å². The number of hydrogen-bond donors (Lipinski definition) is 0. The van der Waals surface area contributed by atoms with Crippen molar-refractivity contribution in [2.45, 2.75) is 0 Å². The van der Waals surface area contributed by atoms with Crippen molar-refractivity contribution < 1.29 is 0 Å². The monoisotopic (exact) mass is 316 g/mol. The molecule has 2 nitrogen and oxygen atoms in total. The first kappa shape index (κ1) is 14.2. The van der Waals surface area contributed by atoms with Crippen LogP contribution in [0, 0.1) is 0 Å². The third-order valence-corrected chi connectivity index (χ3v) is 6.42. The normalized spacial score (nSPS) is 11.2. The second-order valence-corrected chi connectivity index (χ2v) is 7.76. The van der Waals surface area contributed by atoms with Gasteiger partial charge in [-0.15, -0.1) is 0 Å². The largest absolute Gasteiger partial charge is 0.334 e. The Morgan fingerprint density at radius 1 is 0.739 bits per heavy atom. The van der Waals surface area contributed by atoms with Crippen molar-refractivity contribution >= 4 is 34.9 Å². The summed E-state index contributed by atoms with van der Waals surface area (Å²) in [7, 11) is 1.47. The number of aryl methyl sites for hydroxylation is 1. The summed E-state index contributed by atoms with van der Waals surface area (Å²) in [6.45, 7) is 0. The van der Waals surface area contributed by atoms with E-state index in [1.165, 1.54) is 21.4 Å². The first-order valence-corrected chi connectivity index (χ1v) is 8.98. The van der Waals surface area contributed by atoms with E-state index in [0.717, 1.165) is 5.52 Å².